The summed E-state index contributed by atoms with van der Waals surface area (Å²) in [5.74, 6) is 0.492. The second kappa shape index (κ2) is 7.58. The van der Waals surface area contributed by atoms with Gasteiger partial charge in [-0.3, -0.25) is 0 Å². The van der Waals surface area contributed by atoms with Crippen LogP contribution in [0.3, 0.4) is 0 Å². The van der Waals surface area contributed by atoms with Crippen LogP contribution in [-0.2, 0) is 9.53 Å². The van der Waals surface area contributed by atoms with Crippen LogP contribution in [0.15, 0.2) is 36.4 Å². The van der Waals surface area contributed by atoms with Crippen LogP contribution in [0.2, 0.25) is 0 Å². The summed E-state index contributed by atoms with van der Waals surface area (Å²) in [6, 6.07) is 6.99. The summed E-state index contributed by atoms with van der Waals surface area (Å²) in [5.41, 5.74) is 1.78. The number of nitrogens with one attached hydrogen (secondary N) is 1. The topological polar surface area (TPSA) is 47.6 Å². The van der Waals surface area contributed by atoms with Gasteiger partial charge in [-0.15, -0.1) is 0 Å². The Morgan fingerprint density at radius 1 is 1.35 bits per heavy atom. The molecule has 0 unspecified atom stereocenters. The van der Waals surface area contributed by atoms with Crippen molar-refractivity contribution in [2.75, 3.05) is 19.0 Å². The van der Waals surface area contributed by atoms with E-state index in [9.17, 15) is 4.79 Å². The molecule has 0 aliphatic carbocycles. The summed E-state index contributed by atoms with van der Waals surface area (Å²) in [7, 11) is 1.62. The zero-order valence-corrected chi connectivity index (χ0v) is 12.6. The largest absolute Gasteiger partial charge is 0.497 e. The molecule has 1 aromatic rings. The van der Waals surface area contributed by atoms with Gasteiger partial charge in [0.25, 0.3) is 0 Å². The number of esters is 1. The van der Waals surface area contributed by atoms with E-state index in [1.165, 1.54) is 0 Å². The molecule has 20 heavy (non-hydrogen) atoms. The summed E-state index contributed by atoms with van der Waals surface area (Å²) in [6.07, 6.45) is 0. The number of rotatable bonds is 7. The lowest BCUT2D eigenvalue weighted by Crippen LogP contribution is -2.37. The van der Waals surface area contributed by atoms with Gasteiger partial charge in [0.2, 0.25) is 0 Å². The number of hydrogen-bond acceptors (Lipinski definition) is 4. The highest BCUT2D eigenvalue weighted by atomic mass is 16.5. The number of benzene rings is 1. The van der Waals surface area contributed by atoms with E-state index in [1.807, 2.05) is 38.1 Å². The fourth-order valence-corrected chi connectivity index (χ4v) is 1.77. The Kier molecular flexibility index (Phi) is 6.10. The van der Waals surface area contributed by atoms with Crippen molar-refractivity contribution >= 4 is 11.7 Å². The number of ether oxygens (including phenoxy) is 2. The molecule has 4 nitrogen and oxygen atoms in total. The number of hydrogen-bond donors (Lipinski definition) is 1. The van der Waals surface area contributed by atoms with Crippen LogP contribution in [0.4, 0.5) is 5.69 Å². The summed E-state index contributed by atoms with van der Waals surface area (Å²) >= 11 is 0. The fraction of sp³-hybridized carbons (Fsp3) is 0.438. The summed E-state index contributed by atoms with van der Waals surface area (Å²) < 4.78 is 10.2. The maximum absolute atomic E-state index is 12.1. The van der Waals surface area contributed by atoms with Gasteiger partial charge in [-0.1, -0.05) is 19.1 Å². The van der Waals surface area contributed by atoms with Crippen molar-refractivity contribution < 1.29 is 14.3 Å². The van der Waals surface area contributed by atoms with Crippen molar-refractivity contribution in [1.29, 1.82) is 0 Å². The molecule has 1 N–H and O–H groups in total. The lowest BCUT2D eigenvalue weighted by molar-refractivity contribution is -0.144. The third-order valence-electron chi connectivity index (χ3n) is 3.23. The standard InChI is InChI=1S/C16H23NO3/c1-6-20-16(18)15(12(4)11(2)3)17-13-7-9-14(19-5)10-8-13/h7-10,12,15,17H,2,6H2,1,3-5H3/t12-,15+/m1/s1. The Hall–Kier alpha value is -1.97. The predicted molar refractivity (Wildman–Crippen MR) is 81.0 cm³/mol. The van der Waals surface area contributed by atoms with Crippen molar-refractivity contribution in [2.45, 2.75) is 26.8 Å². The molecule has 110 valence electrons. The average molecular weight is 277 g/mol. The minimum atomic E-state index is -0.444. The molecular weight excluding hydrogens is 254 g/mol. The predicted octanol–water partition coefficient (Wildman–Crippen LogP) is 3.25. The quantitative estimate of drug-likeness (QED) is 0.614. The zero-order chi connectivity index (χ0) is 15.1. The Morgan fingerprint density at radius 2 is 1.95 bits per heavy atom. The van der Waals surface area contributed by atoms with E-state index in [4.69, 9.17) is 9.47 Å². The van der Waals surface area contributed by atoms with E-state index >= 15 is 0 Å². The molecule has 0 amide bonds. The fourth-order valence-electron chi connectivity index (χ4n) is 1.77. The number of carbonyl (C=O) groups is 1. The first kappa shape index (κ1) is 16.1. The zero-order valence-electron chi connectivity index (χ0n) is 12.6. The van der Waals surface area contributed by atoms with E-state index in [-0.39, 0.29) is 11.9 Å². The second-order valence-corrected chi connectivity index (χ2v) is 4.74. The van der Waals surface area contributed by atoms with Crippen LogP contribution in [0.1, 0.15) is 20.8 Å². The molecule has 1 rings (SSSR count). The summed E-state index contributed by atoms with van der Waals surface area (Å²) in [5, 5.41) is 3.21. The van der Waals surface area contributed by atoms with Crippen molar-refractivity contribution in [1.82, 2.24) is 0 Å². The Bertz CT molecular complexity index is 453. The number of methoxy groups -OCH3 is 1. The lowest BCUT2D eigenvalue weighted by atomic mass is 9.95. The minimum Gasteiger partial charge on any atom is -0.497 e. The van der Waals surface area contributed by atoms with Crippen molar-refractivity contribution in [3.8, 4) is 5.75 Å². The van der Waals surface area contributed by atoms with Gasteiger partial charge in [0.1, 0.15) is 11.8 Å². The maximum atomic E-state index is 12.1. The van der Waals surface area contributed by atoms with Crippen LogP contribution in [0.5, 0.6) is 5.75 Å². The van der Waals surface area contributed by atoms with Crippen molar-refractivity contribution in [3.63, 3.8) is 0 Å². The Morgan fingerprint density at radius 3 is 2.40 bits per heavy atom. The van der Waals surface area contributed by atoms with Gasteiger partial charge in [-0.2, -0.15) is 0 Å². The molecule has 0 fully saturated rings. The second-order valence-electron chi connectivity index (χ2n) is 4.74. The van der Waals surface area contributed by atoms with E-state index in [1.54, 1.807) is 14.0 Å². The monoisotopic (exact) mass is 277 g/mol. The molecule has 4 heteroatoms. The van der Waals surface area contributed by atoms with E-state index in [2.05, 4.69) is 11.9 Å². The molecular formula is C16H23NO3. The molecule has 0 aromatic heterocycles. The molecule has 1 aromatic carbocycles. The van der Waals surface area contributed by atoms with Crippen molar-refractivity contribution in [2.24, 2.45) is 5.92 Å². The normalized spacial score (nSPS) is 13.2. The molecule has 0 heterocycles. The van der Waals surface area contributed by atoms with E-state index < -0.39 is 6.04 Å². The first-order valence-corrected chi connectivity index (χ1v) is 6.72. The highest BCUT2D eigenvalue weighted by Crippen LogP contribution is 2.21. The van der Waals surface area contributed by atoms with Crippen molar-refractivity contribution in [3.05, 3.63) is 36.4 Å². The smallest absolute Gasteiger partial charge is 0.329 e. The van der Waals surface area contributed by atoms with Gasteiger partial charge in [0, 0.05) is 11.6 Å². The molecule has 0 aliphatic heterocycles. The van der Waals surface area contributed by atoms with Crippen LogP contribution in [-0.4, -0.2) is 25.7 Å². The molecule has 0 spiro atoms. The molecule has 0 aliphatic rings. The van der Waals surface area contributed by atoms with Gasteiger partial charge in [-0.05, 0) is 38.1 Å². The van der Waals surface area contributed by atoms with Crippen LogP contribution in [0.25, 0.3) is 0 Å². The molecule has 0 radical (unpaired) electrons. The molecule has 0 saturated carbocycles. The van der Waals surface area contributed by atoms with Gasteiger partial charge in [0.15, 0.2) is 0 Å². The summed E-state index contributed by atoms with van der Waals surface area (Å²) in [6.45, 7) is 9.95. The number of carbonyl (C=O) groups excluding carboxylic acids is 1. The van der Waals surface area contributed by atoms with Gasteiger partial charge >= 0.3 is 5.97 Å². The number of anilines is 1. The SMILES string of the molecule is C=C(C)[C@@H](C)[C@H](Nc1ccc(OC)cc1)C(=O)OCC. The third-order valence-corrected chi connectivity index (χ3v) is 3.23. The van der Waals surface area contributed by atoms with Crippen LogP contribution in [0, 0.1) is 5.92 Å². The van der Waals surface area contributed by atoms with Crippen LogP contribution < -0.4 is 10.1 Å². The van der Waals surface area contributed by atoms with Gasteiger partial charge in [-0.25, -0.2) is 4.79 Å². The first-order chi connectivity index (χ1) is 9.49. The molecule has 0 saturated heterocycles. The third kappa shape index (κ3) is 4.30. The average Bonchev–Trinajstić information content (AvgIpc) is 2.44. The van der Waals surface area contributed by atoms with Gasteiger partial charge in [0.05, 0.1) is 13.7 Å². The van der Waals surface area contributed by atoms with E-state index in [0.717, 1.165) is 17.0 Å². The highest BCUT2D eigenvalue weighted by Gasteiger charge is 2.26. The van der Waals surface area contributed by atoms with Crippen LogP contribution >= 0.6 is 0 Å². The Balaban J connectivity index is 2.87. The van der Waals surface area contributed by atoms with Gasteiger partial charge < -0.3 is 14.8 Å². The lowest BCUT2D eigenvalue weighted by Gasteiger charge is -2.24. The maximum Gasteiger partial charge on any atom is 0.329 e. The first-order valence-electron chi connectivity index (χ1n) is 6.72. The molecule has 2 atom stereocenters. The minimum absolute atomic E-state index is 0.0175. The summed E-state index contributed by atoms with van der Waals surface area (Å²) in [4.78, 5) is 12.1. The highest BCUT2D eigenvalue weighted by molar-refractivity contribution is 5.80. The van der Waals surface area contributed by atoms with E-state index in [0.29, 0.717) is 6.61 Å². The Labute approximate surface area is 120 Å². The molecule has 0 bridgehead atoms.